The summed E-state index contributed by atoms with van der Waals surface area (Å²) in [4.78, 5) is 15.4. The van der Waals surface area contributed by atoms with Crippen molar-refractivity contribution in [1.29, 1.82) is 0 Å². The number of nitrogens with two attached hydrogens (primary N) is 1. The number of H-pyrrole nitrogens is 1. The molecule has 0 radical (unpaired) electrons. The summed E-state index contributed by atoms with van der Waals surface area (Å²) in [5.41, 5.74) is 7.04. The van der Waals surface area contributed by atoms with Crippen molar-refractivity contribution in [2.24, 2.45) is 0 Å². The van der Waals surface area contributed by atoms with Crippen LogP contribution in [0.5, 0.6) is 0 Å². The number of aromatic nitrogens is 3. The maximum Gasteiger partial charge on any atom is 0.258 e. The number of pyridine rings is 1. The fourth-order valence-corrected chi connectivity index (χ4v) is 1.09. The molecule has 0 aliphatic rings. The topological polar surface area (TPSA) is 96.7 Å². The van der Waals surface area contributed by atoms with E-state index in [2.05, 4.69) is 20.5 Å². The van der Waals surface area contributed by atoms with Crippen molar-refractivity contribution < 1.29 is 4.79 Å². The van der Waals surface area contributed by atoms with E-state index in [1.165, 1.54) is 18.6 Å². The van der Waals surface area contributed by atoms with Gasteiger partial charge in [0.05, 0.1) is 29.3 Å². The average Bonchev–Trinajstić information content (AvgIpc) is 2.74. The Hall–Kier alpha value is -2.37. The molecule has 2 aromatic rings. The van der Waals surface area contributed by atoms with Crippen molar-refractivity contribution in [2.45, 2.75) is 0 Å². The highest BCUT2D eigenvalue weighted by Crippen LogP contribution is 2.15. The van der Waals surface area contributed by atoms with E-state index in [4.69, 9.17) is 5.73 Å². The molecule has 0 unspecified atom stereocenters. The van der Waals surface area contributed by atoms with Crippen LogP contribution >= 0.6 is 0 Å². The van der Waals surface area contributed by atoms with Crippen molar-refractivity contribution in [3.63, 3.8) is 0 Å². The van der Waals surface area contributed by atoms with Gasteiger partial charge in [-0.2, -0.15) is 5.10 Å². The van der Waals surface area contributed by atoms with E-state index in [0.29, 0.717) is 16.9 Å². The zero-order valence-electron chi connectivity index (χ0n) is 7.77. The Morgan fingerprint density at radius 3 is 3.00 bits per heavy atom. The maximum atomic E-state index is 11.6. The number of nitrogen functional groups attached to an aromatic ring is 1. The largest absolute Gasteiger partial charge is 0.396 e. The van der Waals surface area contributed by atoms with Crippen LogP contribution < -0.4 is 11.1 Å². The first kappa shape index (κ1) is 9.20. The van der Waals surface area contributed by atoms with Gasteiger partial charge in [-0.15, -0.1) is 0 Å². The van der Waals surface area contributed by atoms with Gasteiger partial charge in [-0.05, 0) is 6.07 Å². The van der Waals surface area contributed by atoms with Gasteiger partial charge in [-0.1, -0.05) is 0 Å². The van der Waals surface area contributed by atoms with Gasteiger partial charge in [0.1, 0.15) is 0 Å². The van der Waals surface area contributed by atoms with Crippen LogP contribution in [0.1, 0.15) is 10.4 Å². The standard InChI is InChI=1S/C9H9N5O/c10-7-5-11-2-1-8(7)14-9(15)6-3-12-13-4-6/h1-5H,10H2,(H,12,13)(H,11,14,15). The monoisotopic (exact) mass is 203 g/mol. The molecule has 0 saturated heterocycles. The highest BCUT2D eigenvalue weighted by Gasteiger charge is 2.08. The number of amides is 1. The summed E-state index contributed by atoms with van der Waals surface area (Å²) < 4.78 is 0. The summed E-state index contributed by atoms with van der Waals surface area (Å²) in [6.45, 7) is 0. The maximum absolute atomic E-state index is 11.6. The van der Waals surface area contributed by atoms with Crippen molar-refractivity contribution in [2.75, 3.05) is 11.1 Å². The van der Waals surface area contributed by atoms with Gasteiger partial charge in [-0.25, -0.2) is 0 Å². The molecule has 15 heavy (non-hydrogen) atoms. The fraction of sp³-hybridized carbons (Fsp3) is 0. The van der Waals surface area contributed by atoms with E-state index in [0.717, 1.165) is 0 Å². The second-order valence-electron chi connectivity index (χ2n) is 2.90. The molecule has 76 valence electrons. The summed E-state index contributed by atoms with van der Waals surface area (Å²) in [6, 6.07) is 1.63. The third-order valence-electron chi connectivity index (χ3n) is 1.86. The van der Waals surface area contributed by atoms with Crippen LogP contribution in [0.4, 0.5) is 11.4 Å². The molecule has 0 saturated carbocycles. The van der Waals surface area contributed by atoms with Crippen LogP contribution in [-0.2, 0) is 0 Å². The molecule has 0 atom stereocenters. The van der Waals surface area contributed by atoms with Crippen LogP contribution in [0.3, 0.4) is 0 Å². The molecular weight excluding hydrogens is 194 g/mol. The summed E-state index contributed by atoms with van der Waals surface area (Å²) >= 11 is 0. The molecule has 6 heteroatoms. The Morgan fingerprint density at radius 1 is 1.47 bits per heavy atom. The van der Waals surface area contributed by atoms with Gasteiger partial charge in [0.15, 0.2) is 0 Å². The predicted octanol–water partition coefficient (Wildman–Crippen LogP) is 0.639. The van der Waals surface area contributed by atoms with Gasteiger partial charge < -0.3 is 11.1 Å². The lowest BCUT2D eigenvalue weighted by molar-refractivity contribution is 0.102. The average molecular weight is 203 g/mol. The molecule has 2 aromatic heterocycles. The van der Waals surface area contributed by atoms with Crippen LogP contribution in [-0.4, -0.2) is 21.1 Å². The highest BCUT2D eigenvalue weighted by molar-refractivity contribution is 6.05. The van der Waals surface area contributed by atoms with E-state index in [-0.39, 0.29) is 5.91 Å². The molecule has 1 amide bonds. The van der Waals surface area contributed by atoms with Crippen molar-refractivity contribution >= 4 is 17.3 Å². The first-order valence-corrected chi connectivity index (χ1v) is 4.27. The fourth-order valence-electron chi connectivity index (χ4n) is 1.09. The van der Waals surface area contributed by atoms with Gasteiger partial charge in [0.2, 0.25) is 0 Å². The molecule has 6 nitrogen and oxygen atoms in total. The van der Waals surface area contributed by atoms with Crippen molar-refractivity contribution in [3.8, 4) is 0 Å². The Balaban J connectivity index is 2.17. The molecule has 0 fully saturated rings. The van der Waals surface area contributed by atoms with E-state index >= 15 is 0 Å². The minimum Gasteiger partial charge on any atom is -0.396 e. The molecule has 4 N–H and O–H groups in total. The Kier molecular flexibility index (Phi) is 2.32. The van der Waals surface area contributed by atoms with Crippen LogP contribution in [0.15, 0.2) is 30.9 Å². The number of hydrogen-bond acceptors (Lipinski definition) is 4. The summed E-state index contributed by atoms with van der Waals surface area (Å²) in [5, 5.41) is 8.88. The molecule has 2 heterocycles. The zero-order chi connectivity index (χ0) is 10.7. The normalized spacial score (nSPS) is 9.87. The number of nitrogens with zero attached hydrogens (tertiary/aromatic N) is 2. The number of rotatable bonds is 2. The highest BCUT2D eigenvalue weighted by atomic mass is 16.1. The lowest BCUT2D eigenvalue weighted by atomic mass is 10.3. The second-order valence-corrected chi connectivity index (χ2v) is 2.90. The Bertz CT molecular complexity index is 465. The third-order valence-corrected chi connectivity index (χ3v) is 1.86. The molecular formula is C9H9N5O. The van der Waals surface area contributed by atoms with Gasteiger partial charge in [0, 0.05) is 12.4 Å². The van der Waals surface area contributed by atoms with Gasteiger partial charge in [0.25, 0.3) is 5.91 Å². The first-order valence-electron chi connectivity index (χ1n) is 4.27. The SMILES string of the molecule is Nc1cnccc1NC(=O)c1cn[nH]c1. The molecule has 0 aromatic carbocycles. The minimum absolute atomic E-state index is 0.262. The third kappa shape index (κ3) is 1.93. The number of hydrogen-bond donors (Lipinski definition) is 3. The van der Waals surface area contributed by atoms with Gasteiger partial charge in [-0.3, -0.25) is 14.9 Å². The van der Waals surface area contributed by atoms with E-state index < -0.39 is 0 Å². The number of carbonyl (C=O) groups is 1. The number of aromatic amines is 1. The van der Waals surface area contributed by atoms with Crippen LogP contribution in [0.2, 0.25) is 0 Å². The van der Waals surface area contributed by atoms with Gasteiger partial charge >= 0.3 is 0 Å². The Labute approximate surface area is 85.5 Å². The van der Waals surface area contributed by atoms with E-state index in [9.17, 15) is 4.79 Å². The Morgan fingerprint density at radius 2 is 2.33 bits per heavy atom. The molecule has 0 aliphatic carbocycles. The van der Waals surface area contributed by atoms with E-state index in [1.807, 2.05) is 0 Å². The minimum atomic E-state index is -0.262. The van der Waals surface area contributed by atoms with Crippen molar-refractivity contribution in [1.82, 2.24) is 15.2 Å². The lowest BCUT2D eigenvalue weighted by Crippen LogP contribution is -2.12. The summed E-state index contributed by atoms with van der Waals surface area (Å²) in [6.07, 6.45) is 5.98. The smallest absolute Gasteiger partial charge is 0.258 e. The summed E-state index contributed by atoms with van der Waals surface area (Å²) in [7, 11) is 0. The quantitative estimate of drug-likeness (QED) is 0.667. The number of nitrogens with one attached hydrogen (secondary N) is 2. The molecule has 2 rings (SSSR count). The molecule has 0 aliphatic heterocycles. The zero-order valence-corrected chi connectivity index (χ0v) is 7.77. The number of carbonyl (C=O) groups excluding carboxylic acids is 1. The lowest BCUT2D eigenvalue weighted by Gasteiger charge is -2.05. The first-order chi connectivity index (χ1) is 7.27. The number of anilines is 2. The molecule has 0 spiro atoms. The molecule has 0 bridgehead atoms. The van der Waals surface area contributed by atoms with Crippen molar-refractivity contribution in [3.05, 3.63) is 36.4 Å². The summed E-state index contributed by atoms with van der Waals surface area (Å²) in [5.74, 6) is -0.262. The van der Waals surface area contributed by atoms with Crippen LogP contribution in [0.25, 0.3) is 0 Å². The second kappa shape index (κ2) is 3.79. The van der Waals surface area contributed by atoms with Crippen LogP contribution in [0, 0.1) is 0 Å². The van der Waals surface area contributed by atoms with E-state index in [1.54, 1.807) is 12.3 Å². The predicted molar refractivity (Wildman–Crippen MR) is 55.2 cm³/mol.